The molecule has 18 heavy (non-hydrogen) atoms. The standard InChI is InChI=1S/C14H28N2O2/c1-15-7-3-14(4-8-15)18-12-11-16-9-5-13(17-2)6-10-16/h13-14H,3-12H2,1-2H3. The number of hydrogen-bond donors (Lipinski definition) is 0. The number of piperidine rings is 2. The van der Waals surface area contributed by atoms with E-state index in [4.69, 9.17) is 9.47 Å². The molecular formula is C14H28N2O2. The molecule has 0 aromatic heterocycles. The molecule has 4 heteroatoms. The highest BCUT2D eigenvalue weighted by Gasteiger charge is 2.20. The van der Waals surface area contributed by atoms with E-state index in [-0.39, 0.29) is 0 Å². The van der Waals surface area contributed by atoms with Gasteiger partial charge in [-0.15, -0.1) is 0 Å². The lowest BCUT2D eigenvalue weighted by molar-refractivity contribution is -0.00946. The third-order valence-electron chi connectivity index (χ3n) is 4.29. The van der Waals surface area contributed by atoms with Gasteiger partial charge < -0.3 is 19.3 Å². The fourth-order valence-corrected chi connectivity index (χ4v) is 2.87. The minimum Gasteiger partial charge on any atom is -0.381 e. The second kappa shape index (κ2) is 7.43. The molecule has 2 saturated heterocycles. The maximum Gasteiger partial charge on any atom is 0.0600 e. The van der Waals surface area contributed by atoms with E-state index in [0.717, 1.165) is 26.2 Å². The Morgan fingerprint density at radius 3 is 2.17 bits per heavy atom. The molecule has 2 heterocycles. The molecule has 2 rings (SSSR count). The van der Waals surface area contributed by atoms with Gasteiger partial charge in [-0.2, -0.15) is 0 Å². The van der Waals surface area contributed by atoms with Crippen LogP contribution in [0.3, 0.4) is 0 Å². The van der Waals surface area contributed by atoms with Crippen LogP contribution in [0.4, 0.5) is 0 Å². The van der Waals surface area contributed by atoms with Gasteiger partial charge in [-0.1, -0.05) is 0 Å². The highest BCUT2D eigenvalue weighted by Crippen LogP contribution is 2.14. The Morgan fingerprint density at radius 1 is 0.944 bits per heavy atom. The van der Waals surface area contributed by atoms with Crippen molar-refractivity contribution in [1.82, 2.24) is 9.80 Å². The summed E-state index contributed by atoms with van der Waals surface area (Å²) in [6, 6.07) is 0. The van der Waals surface area contributed by atoms with Crippen LogP contribution in [-0.4, -0.2) is 75.5 Å². The molecule has 0 saturated carbocycles. The normalized spacial score (nSPS) is 25.7. The molecule has 0 spiro atoms. The molecule has 4 nitrogen and oxygen atoms in total. The maximum atomic E-state index is 5.99. The first-order valence-corrected chi connectivity index (χ1v) is 7.33. The summed E-state index contributed by atoms with van der Waals surface area (Å²) in [6.45, 7) is 6.67. The van der Waals surface area contributed by atoms with Crippen LogP contribution < -0.4 is 0 Å². The highest BCUT2D eigenvalue weighted by atomic mass is 16.5. The molecule has 0 aromatic rings. The molecular weight excluding hydrogens is 228 g/mol. The Balaban J connectivity index is 1.53. The Morgan fingerprint density at radius 2 is 1.56 bits per heavy atom. The number of rotatable bonds is 5. The van der Waals surface area contributed by atoms with Gasteiger partial charge in [0.2, 0.25) is 0 Å². The van der Waals surface area contributed by atoms with Crippen molar-refractivity contribution in [3.05, 3.63) is 0 Å². The van der Waals surface area contributed by atoms with Crippen molar-refractivity contribution in [2.75, 3.05) is 53.5 Å². The van der Waals surface area contributed by atoms with Crippen LogP contribution in [0.25, 0.3) is 0 Å². The first-order chi connectivity index (χ1) is 8.78. The van der Waals surface area contributed by atoms with E-state index in [2.05, 4.69) is 16.8 Å². The van der Waals surface area contributed by atoms with E-state index in [1.54, 1.807) is 0 Å². The molecule has 2 aliphatic rings. The molecule has 0 amide bonds. The summed E-state index contributed by atoms with van der Waals surface area (Å²) in [4.78, 5) is 4.89. The number of nitrogens with zero attached hydrogens (tertiary/aromatic N) is 2. The lowest BCUT2D eigenvalue weighted by atomic mass is 10.1. The van der Waals surface area contributed by atoms with Crippen molar-refractivity contribution in [3.63, 3.8) is 0 Å². The third-order valence-corrected chi connectivity index (χ3v) is 4.29. The fourth-order valence-electron chi connectivity index (χ4n) is 2.87. The maximum absolute atomic E-state index is 5.99. The number of ether oxygens (including phenoxy) is 2. The first kappa shape index (κ1) is 14.3. The Labute approximate surface area is 111 Å². The van der Waals surface area contributed by atoms with Crippen molar-refractivity contribution >= 4 is 0 Å². The molecule has 0 bridgehead atoms. The number of hydrogen-bond acceptors (Lipinski definition) is 4. The zero-order valence-corrected chi connectivity index (χ0v) is 11.9. The summed E-state index contributed by atoms with van der Waals surface area (Å²) in [6.07, 6.45) is 5.72. The van der Waals surface area contributed by atoms with Crippen molar-refractivity contribution in [2.24, 2.45) is 0 Å². The summed E-state index contributed by atoms with van der Waals surface area (Å²) in [5.41, 5.74) is 0. The van der Waals surface area contributed by atoms with E-state index >= 15 is 0 Å². The van der Waals surface area contributed by atoms with Gasteiger partial charge in [-0.05, 0) is 32.7 Å². The van der Waals surface area contributed by atoms with E-state index in [0.29, 0.717) is 12.2 Å². The highest BCUT2D eigenvalue weighted by molar-refractivity contribution is 4.73. The average Bonchev–Trinajstić information content (AvgIpc) is 2.42. The van der Waals surface area contributed by atoms with Crippen LogP contribution in [0.15, 0.2) is 0 Å². The first-order valence-electron chi connectivity index (χ1n) is 7.33. The summed E-state index contributed by atoms with van der Waals surface area (Å²) >= 11 is 0. The monoisotopic (exact) mass is 256 g/mol. The van der Waals surface area contributed by atoms with E-state index in [1.165, 1.54) is 38.8 Å². The SMILES string of the molecule is COC1CCN(CCOC2CCN(C)CC2)CC1. The molecule has 0 aromatic carbocycles. The second-order valence-electron chi connectivity index (χ2n) is 5.65. The van der Waals surface area contributed by atoms with Gasteiger partial charge in [-0.25, -0.2) is 0 Å². The zero-order chi connectivity index (χ0) is 12.8. The Kier molecular flexibility index (Phi) is 5.89. The Hall–Kier alpha value is -0.160. The van der Waals surface area contributed by atoms with Gasteiger partial charge in [-0.3, -0.25) is 0 Å². The van der Waals surface area contributed by atoms with Crippen LogP contribution in [0.2, 0.25) is 0 Å². The molecule has 0 aliphatic carbocycles. The summed E-state index contributed by atoms with van der Waals surface area (Å²) in [5.74, 6) is 0. The smallest absolute Gasteiger partial charge is 0.0600 e. The Bertz CT molecular complexity index is 222. The van der Waals surface area contributed by atoms with Crippen molar-refractivity contribution in [1.29, 1.82) is 0 Å². The summed E-state index contributed by atoms with van der Waals surface area (Å²) in [7, 11) is 4.01. The van der Waals surface area contributed by atoms with Gasteiger partial charge in [0.1, 0.15) is 0 Å². The minimum atomic E-state index is 0.482. The van der Waals surface area contributed by atoms with Crippen molar-refractivity contribution in [2.45, 2.75) is 37.9 Å². The quantitative estimate of drug-likeness (QED) is 0.738. The zero-order valence-electron chi connectivity index (χ0n) is 11.9. The van der Waals surface area contributed by atoms with Crippen molar-refractivity contribution < 1.29 is 9.47 Å². The third kappa shape index (κ3) is 4.50. The number of methoxy groups -OCH3 is 1. The molecule has 106 valence electrons. The van der Waals surface area contributed by atoms with Gasteiger partial charge in [0, 0.05) is 39.8 Å². The predicted octanol–water partition coefficient (Wildman–Crippen LogP) is 1.21. The summed E-state index contributed by atoms with van der Waals surface area (Å²) in [5, 5.41) is 0. The summed E-state index contributed by atoms with van der Waals surface area (Å²) < 4.78 is 11.4. The van der Waals surface area contributed by atoms with Crippen molar-refractivity contribution in [3.8, 4) is 0 Å². The lowest BCUT2D eigenvalue weighted by Crippen LogP contribution is -2.40. The average molecular weight is 256 g/mol. The molecule has 2 fully saturated rings. The molecule has 2 aliphatic heterocycles. The molecule has 0 N–H and O–H groups in total. The van der Waals surface area contributed by atoms with Crippen LogP contribution in [-0.2, 0) is 9.47 Å². The van der Waals surface area contributed by atoms with Crippen LogP contribution in [0.5, 0.6) is 0 Å². The van der Waals surface area contributed by atoms with Crippen LogP contribution in [0.1, 0.15) is 25.7 Å². The van der Waals surface area contributed by atoms with E-state index in [9.17, 15) is 0 Å². The van der Waals surface area contributed by atoms with Gasteiger partial charge in [0.05, 0.1) is 18.8 Å². The molecule has 0 atom stereocenters. The lowest BCUT2D eigenvalue weighted by Gasteiger charge is -2.32. The van der Waals surface area contributed by atoms with E-state index < -0.39 is 0 Å². The van der Waals surface area contributed by atoms with E-state index in [1.807, 2.05) is 7.11 Å². The minimum absolute atomic E-state index is 0.482. The molecule has 0 unspecified atom stereocenters. The topological polar surface area (TPSA) is 24.9 Å². The fraction of sp³-hybridized carbons (Fsp3) is 1.00. The van der Waals surface area contributed by atoms with Crippen LogP contribution >= 0.6 is 0 Å². The van der Waals surface area contributed by atoms with Gasteiger partial charge in [0.25, 0.3) is 0 Å². The molecule has 0 radical (unpaired) electrons. The number of likely N-dealkylation sites (tertiary alicyclic amines) is 2. The largest absolute Gasteiger partial charge is 0.381 e. The predicted molar refractivity (Wildman–Crippen MR) is 72.9 cm³/mol. The van der Waals surface area contributed by atoms with Crippen LogP contribution in [0, 0.1) is 0 Å². The second-order valence-corrected chi connectivity index (χ2v) is 5.65. The van der Waals surface area contributed by atoms with Gasteiger partial charge >= 0.3 is 0 Å². The van der Waals surface area contributed by atoms with Gasteiger partial charge in [0.15, 0.2) is 0 Å².